The highest BCUT2D eigenvalue weighted by molar-refractivity contribution is 5.01. The minimum absolute atomic E-state index is 0.0841. The molecule has 0 radical (unpaired) electrons. The van der Waals surface area contributed by atoms with Gasteiger partial charge in [-0.15, -0.1) is 0 Å². The molecule has 1 heterocycles. The third kappa shape index (κ3) is 1.65. The van der Waals surface area contributed by atoms with Gasteiger partial charge in [0.15, 0.2) is 0 Å². The standard InChI is InChI=1S/C9H17N3/c1-7(2)12-8(9(3,4)5)10-6-11-12/h6-7H,1-5H3. The number of rotatable bonds is 1. The number of nitrogens with zero attached hydrogens (tertiary/aromatic N) is 3. The van der Waals surface area contributed by atoms with E-state index in [0.717, 1.165) is 5.82 Å². The van der Waals surface area contributed by atoms with E-state index in [0.29, 0.717) is 6.04 Å². The average Bonchev–Trinajstić information content (AvgIpc) is 2.30. The SMILES string of the molecule is CC(C)n1ncnc1C(C)(C)C. The van der Waals surface area contributed by atoms with Gasteiger partial charge in [0.2, 0.25) is 0 Å². The summed E-state index contributed by atoms with van der Waals surface area (Å²) in [5.74, 6) is 1.05. The van der Waals surface area contributed by atoms with Gasteiger partial charge in [-0.1, -0.05) is 20.8 Å². The van der Waals surface area contributed by atoms with Crippen molar-refractivity contribution in [3.05, 3.63) is 12.2 Å². The summed E-state index contributed by atoms with van der Waals surface area (Å²) >= 11 is 0. The minimum atomic E-state index is 0.0841. The van der Waals surface area contributed by atoms with Gasteiger partial charge < -0.3 is 0 Å². The number of aromatic nitrogens is 3. The Bertz CT molecular complexity index is 255. The highest BCUT2D eigenvalue weighted by atomic mass is 15.3. The Morgan fingerprint density at radius 3 is 2.25 bits per heavy atom. The van der Waals surface area contributed by atoms with Crippen LogP contribution >= 0.6 is 0 Å². The first-order valence-electron chi connectivity index (χ1n) is 4.33. The second-order valence-corrected chi connectivity index (χ2v) is 4.37. The molecule has 0 fully saturated rings. The topological polar surface area (TPSA) is 30.7 Å². The predicted molar refractivity (Wildman–Crippen MR) is 49.1 cm³/mol. The van der Waals surface area contributed by atoms with E-state index in [-0.39, 0.29) is 5.41 Å². The molecule has 1 rings (SSSR count). The molecular weight excluding hydrogens is 150 g/mol. The van der Waals surface area contributed by atoms with Crippen LogP contribution in [0.2, 0.25) is 0 Å². The molecule has 3 heteroatoms. The zero-order valence-corrected chi connectivity index (χ0v) is 8.50. The van der Waals surface area contributed by atoms with E-state index in [1.807, 2.05) is 4.68 Å². The van der Waals surface area contributed by atoms with Gasteiger partial charge in [-0.2, -0.15) is 5.10 Å². The fourth-order valence-corrected chi connectivity index (χ4v) is 1.17. The van der Waals surface area contributed by atoms with Crippen LogP contribution in [0.15, 0.2) is 6.33 Å². The Morgan fingerprint density at radius 2 is 1.92 bits per heavy atom. The lowest BCUT2D eigenvalue weighted by Crippen LogP contribution is -2.20. The molecule has 0 spiro atoms. The maximum atomic E-state index is 4.26. The summed E-state index contributed by atoms with van der Waals surface area (Å²) in [5.41, 5.74) is 0.0841. The minimum Gasteiger partial charge on any atom is -0.247 e. The van der Waals surface area contributed by atoms with Gasteiger partial charge in [0.25, 0.3) is 0 Å². The largest absolute Gasteiger partial charge is 0.247 e. The molecule has 1 aromatic rings. The van der Waals surface area contributed by atoms with Crippen LogP contribution in [0.5, 0.6) is 0 Å². The molecule has 3 nitrogen and oxygen atoms in total. The van der Waals surface area contributed by atoms with Gasteiger partial charge in [-0.05, 0) is 13.8 Å². The quantitative estimate of drug-likeness (QED) is 0.641. The van der Waals surface area contributed by atoms with Crippen molar-refractivity contribution in [1.29, 1.82) is 0 Å². The van der Waals surface area contributed by atoms with Crippen LogP contribution in [0, 0.1) is 0 Å². The summed E-state index contributed by atoms with van der Waals surface area (Å²) in [6.45, 7) is 10.7. The summed E-state index contributed by atoms with van der Waals surface area (Å²) in [7, 11) is 0. The van der Waals surface area contributed by atoms with Gasteiger partial charge >= 0.3 is 0 Å². The predicted octanol–water partition coefficient (Wildman–Crippen LogP) is 2.16. The highest BCUT2D eigenvalue weighted by Crippen LogP contribution is 2.21. The van der Waals surface area contributed by atoms with Gasteiger partial charge in [0.1, 0.15) is 12.2 Å². The summed E-state index contributed by atoms with van der Waals surface area (Å²) < 4.78 is 1.97. The summed E-state index contributed by atoms with van der Waals surface area (Å²) in [5, 5.41) is 4.19. The van der Waals surface area contributed by atoms with Crippen molar-refractivity contribution in [2.75, 3.05) is 0 Å². The van der Waals surface area contributed by atoms with Gasteiger partial charge in [-0.3, -0.25) is 0 Å². The first kappa shape index (κ1) is 9.23. The second-order valence-electron chi connectivity index (χ2n) is 4.37. The van der Waals surface area contributed by atoms with Crippen LogP contribution in [-0.4, -0.2) is 14.8 Å². The molecule has 0 bridgehead atoms. The normalized spacial score (nSPS) is 12.5. The molecule has 0 aliphatic rings. The van der Waals surface area contributed by atoms with Crippen LogP contribution in [0.3, 0.4) is 0 Å². The van der Waals surface area contributed by atoms with Crippen LogP contribution in [0.1, 0.15) is 46.5 Å². The van der Waals surface area contributed by atoms with Crippen LogP contribution < -0.4 is 0 Å². The van der Waals surface area contributed by atoms with Crippen LogP contribution in [-0.2, 0) is 5.41 Å². The first-order valence-corrected chi connectivity index (χ1v) is 4.33. The molecule has 0 atom stereocenters. The van der Waals surface area contributed by atoms with Crippen molar-refractivity contribution in [2.45, 2.75) is 46.1 Å². The molecule has 12 heavy (non-hydrogen) atoms. The Hall–Kier alpha value is -0.860. The zero-order valence-electron chi connectivity index (χ0n) is 8.50. The molecule has 1 aromatic heterocycles. The second kappa shape index (κ2) is 2.88. The van der Waals surface area contributed by atoms with Crippen molar-refractivity contribution in [3.63, 3.8) is 0 Å². The van der Waals surface area contributed by atoms with Crippen LogP contribution in [0.25, 0.3) is 0 Å². The van der Waals surface area contributed by atoms with E-state index >= 15 is 0 Å². The molecule has 0 aliphatic carbocycles. The molecule has 0 saturated carbocycles. The van der Waals surface area contributed by atoms with E-state index in [4.69, 9.17) is 0 Å². The van der Waals surface area contributed by atoms with E-state index in [2.05, 4.69) is 44.7 Å². The summed E-state index contributed by atoms with van der Waals surface area (Å²) in [6, 6.07) is 0.390. The fraction of sp³-hybridized carbons (Fsp3) is 0.778. The Morgan fingerprint density at radius 1 is 1.33 bits per heavy atom. The average molecular weight is 167 g/mol. The number of hydrogen-bond donors (Lipinski definition) is 0. The molecule has 0 aromatic carbocycles. The van der Waals surface area contributed by atoms with Crippen LogP contribution in [0.4, 0.5) is 0 Å². The van der Waals surface area contributed by atoms with Gasteiger partial charge in [-0.25, -0.2) is 9.67 Å². The zero-order chi connectivity index (χ0) is 9.35. The van der Waals surface area contributed by atoms with Crippen molar-refractivity contribution >= 4 is 0 Å². The number of hydrogen-bond acceptors (Lipinski definition) is 2. The Balaban J connectivity index is 3.08. The maximum Gasteiger partial charge on any atom is 0.138 e. The Kier molecular flexibility index (Phi) is 2.22. The lowest BCUT2D eigenvalue weighted by atomic mass is 9.95. The molecule has 0 unspecified atom stereocenters. The third-order valence-corrected chi connectivity index (χ3v) is 1.73. The van der Waals surface area contributed by atoms with E-state index in [1.54, 1.807) is 6.33 Å². The van der Waals surface area contributed by atoms with Gasteiger partial charge in [0.05, 0.1) is 0 Å². The highest BCUT2D eigenvalue weighted by Gasteiger charge is 2.21. The van der Waals surface area contributed by atoms with Crippen molar-refractivity contribution < 1.29 is 0 Å². The molecule has 68 valence electrons. The van der Waals surface area contributed by atoms with Gasteiger partial charge in [0, 0.05) is 11.5 Å². The van der Waals surface area contributed by atoms with E-state index in [9.17, 15) is 0 Å². The van der Waals surface area contributed by atoms with E-state index < -0.39 is 0 Å². The summed E-state index contributed by atoms with van der Waals surface area (Å²) in [4.78, 5) is 4.26. The molecule has 0 amide bonds. The maximum absolute atomic E-state index is 4.26. The lowest BCUT2D eigenvalue weighted by Gasteiger charge is -2.20. The van der Waals surface area contributed by atoms with Crippen molar-refractivity contribution in [2.24, 2.45) is 0 Å². The van der Waals surface area contributed by atoms with E-state index in [1.165, 1.54) is 0 Å². The van der Waals surface area contributed by atoms with Crippen molar-refractivity contribution in [3.8, 4) is 0 Å². The smallest absolute Gasteiger partial charge is 0.138 e. The monoisotopic (exact) mass is 167 g/mol. The molecule has 0 aliphatic heterocycles. The Labute approximate surface area is 73.8 Å². The third-order valence-electron chi connectivity index (χ3n) is 1.73. The summed E-state index contributed by atoms with van der Waals surface area (Å²) in [6.07, 6.45) is 1.63. The van der Waals surface area contributed by atoms with Crippen molar-refractivity contribution in [1.82, 2.24) is 14.8 Å². The molecule has 0 saturated heterocycles. The molecule has 0 N–H and O–H groups in total. The fourth-order valence-electron chi connectivity index (χ4n) is 1.17. The molecular formula is C9H17N3. The lowest BCUT2D eigenvalue weighted by molar-refractivity contribution is 0.436. The first-order chi connectivity index (χ1) is 5.43.